The van der Waals surface area contributed by atoms with Gasteiger partial charge in [0.25, 0.3) is 0 Å². The monoisotopic (exact) mass is 297 g/mol. The van der Waals surface area contributed by atoms with Crippen LogP contribution in [-0.2, 0) is 4.79 Å². The van der Waals surface area contributed by atoms with Crippen molar-refractivity contribution < 1.29 is 10.0 Å². The molecule has 0 aliphatic carbocycles. The van der Waals surface area contributed by atoms with Gasteiger partial charge in [-0.25, -0.2) is 0 Å². The largest absolute Gasteiger partial charge is 0.410 e. The van der Waals surface area contributed by atoms with Crippen molar-refractivity contribution in [2.75, 3.05) is 0 Å². The second-order valence-electron chi connectivity index (χ2n) is 4.64. The summed E-state index contributed by atoms with van der Waals surface area (Å²) in [6.07, 6.45) is 0. The molecule has 21 heavy (non-hydrogen) atoms. The molecule has 0 radical (unpaired) electrons. The van der Waals surface area contributed by atoms with Gasteiger partial charge in [0.15, 0.2) is 16.9 Å². The van der Waals surface area contributed by atoms with Crippen LogP contribution in [0.2, 0.25) is 0 Å². The Hall–Kier alpha value is -2.53. The maximum atomic E-state index is 12.5. The van der Waals surface area contributed by atoms with Crippen LogP contribution in [0.1, 0.15) is 12.5 Å². The van der Waals surface area contributed by atoms with E-state index in [4.69, 9.17) is 5.21 Å². The number of Topliss-reactive ketones (excluding diaryl/α,β-unsaturated/α-hetero) is 1. The van der Waals surface area contributed by atoms with Gasteiger partial charge in [-0.1, -0.05) is 23.4 Å². The Morgan fingerprint density at radius 2 is 1.81 bits per heavy atom. The maximum Gasteiger partial charge on any atom is 0.195 e. The first kappa shape index (κ1) is 13.5. The molecule has 0 saturated carbocycles. The summed E-state index contributed by atoms with van der Waals surface area (Å²) in [5, 5.41) is 13.2. The van der Waals surface area contributed by atoms with Crippen molar-refractivity contribution in [2.24, 2.45) is 5.16 Å². The number of fused-ring (bicyclic) bond motifs is 2. The summed E-state index contributed by atoms with van der Waals surface area (Å²) in [6.45, 7) is 1.32. The lowest BCUT2D eigenvalue weighted by Gasteiger charge is -2.04. The molecule has 2 aromatic carbocycles. The van der Waals surface area contributed by atoms with Gasteiger partial charge in [-0.3, -0.25) is 9.59 Å². The van der Waals surface area contributed by atoms with Crippen LogP contribution in [0.25, 0.3) is 20.2 Å². The zero-order valence-electron chi connectivity index (χ0n) is 11.2. The Balaban J connectivity index is 2.36. The van der Waals surface area contributed by atoms with E-state index < -0.39 is 0 Å². The number of hydrogen-bond acceptors (Lipinski definition) is 5. The SMILES string of the molecule is CC(=O)/C(=N/O)c1ccc2sc3ccccc3c(=O)c2c1. The van der Waals surface area contributed by atoms with Gasteiger partial charge in [0, 0.05) is 32.7 Å². The molecule has 104 valence electrons. The first-order valence-corrected chi connectivity index (χ1v) is 7.12. The van der Waals surface area contributed by atoms with Gasteiger partial charge < -0.3 is 5.21 Å². The first-order valence-electron chi connectivity index (χ1n) is 6.31. The zero-order valence-corrected chi connectivity index (χ0v) is 12.0. The van der Waals surface area contributed by atoms with Crippen molar-refractivity contribution in [1.29, 1.82) is 0 Å². The molecule has 4 nitrogen and oxygen atoms in total. The van der Waals surface area contributed by atoms with E-state index in [0.717, 1.165) is 9.40 Å². The number of ketones is 1. The summed E-state index contributed by atoms with van der Waals surface area (Å²) in [5.74, 6) is -0.353. The number of oxime groups is 1. The number of hydrogen-bond donors (Lipinski definition) is 1. The molecule has 0 spiro atoms. The fraction of sp³-hybridized carbons (Fsp3) is 0.0625. The molecule has 0 aliphatic rings. The fourth-order valence-corrected chi connectivity index (χ4v) is 3.33. The van der Waals surface area contributed by atoms with Crippen LogP contribution >= 0.6 is 11.3 Å². The highest BCUT2D eigenvalue weighted by Crippen LogP contribution is 2.25. The lowest BCUT2D eigenvalue weighted by molar-refractivity contribution is -0.111. The highest BCUT2D eigenvalue weighted by atomic mass is 32.1. The number of carbonyl (C=O) groups excluding carboxylic acids is 1. The van der Waals surface area contributed by atoms with Crippen LogP contribution in [0.15, 0.2) is 52.4 Å². The lowest BCUT2D eigenvalue weighted by atomic mass is 10.0. The molecule has 5 heteroatoms. The number of rotatable bonds is 2. The van der Waals surface area contributed by atoms with Crippen molar-refractivity contribution in [1.82, 2.24) is 0 Å². The molecule has 0 aliphatic heterocycles. The van der Waals surface area contributed by atoms with Gasteiger partial charge in [0.1, 0.15) is 0 Å². The Morgan fingerprint density at radius 1 is 1.10 bits per heavy atom. The van der Waals surface area contributed by atoms with Crippen LogP contribution in [0, 0.1) is 0 Å². The predicted molar refractivity (Wildman–Crippen MR) is 84.6 cm³/mol. The molecular formula is C16H11NO3S. The third-order valence-electron chi connectivity index (χ3n) is 3.28. The van der Waals surface area contributed by atoms with E-state index in [1.54, 1.807) is 24.3 Å². The van der Waals surface area contributed by atoms with Gasteiger partial charge in [0.2, 0.25) is 0 Å². The minimum atomic E-state index is -0.353. The highest BCUT2D eigenvalue weighted by Gasteiger charge is 2.13. The summed E-state index contributed by atoms with van der Waals surface area (Å²) in [7, 11) is 0. The Morgan fingerprint density at radius 3 is 2.52 bits per heavy atom. The molecule has 0 saturated heterocycles. The molecule has 0 unspecified atom stereocenters. The van der Waals surface area contributed by atoms with Crippen LogP contribution in [-0.4, -0.2) is 16.7 Å². The minimum Gasteiger partial charge on any atom is -0.410 e. The molecule has 0 amide bonds. The van der Waals surface area contributed by atoms with Crippen molar-refractivity contribution in [2.45, 2.75) is 6.92 Å². The van der Waals surface area contributed by atoms with Gasteiger partial charge in [0.05, 0.1) is 0 Å². The average molecular weight is 297 g/mol. The summed E-state index contributed by atoms with van der Waals surface area (Å²) in [5.41, 5.74) is 0.314. The van der Waals surface area contributed by atoms with Crippen molar-refractivity contribution in [3.05, 3.63) is 58.3 Å². The lowest BCUT2D eigenvalue weighted by Crippen LogP contribution is -2.12. The van der Waals surface area contributed by atoms with E-state index in [1.807, 2.05) is 18.2 Å². The Labute approximate surface area is 124 Å². The quantitative estimate of drug-likeness (QED) is 0.342. The average Bonchev–Trinajstić information content (AvgIpc) is 2.48. The second-order valence-corrected chi connectivity index (χ2v) is 5.73. The predicted octanol–water partition coefficient (Wildman–Crippen LogP) is 3.18. The van der Waals surface area contributed by atoms with Crippen LogP contribution in [0.5, 0.6) is 0 Å². The van der Waals surface area contributed by atoms with E-state index in [2.05, 4.69) is 5.16 Å². The van der Waals surface area contributed by atoms with E-state index in [0.29, 0.717) is 16.3 Å². The first-order chi connectivity index (χ1) is 10.1. The zero-order chi connectivity index (χ0) is 15.0. The van der Waals surface area contributed by atoms with Gasteiger partial charge >= 0.3 is 0 Å². The number of benzene rings is 2. The molecule has 0 bridgehead atoms. The van der Waals surface area contributed by atoms with E-state index in [1.165, 1.54) is 18.3 Å². The molecule has 3 rings (SSSR count). The van der Waals surface area contributed by atoms with Gasteiger partial charge in [-0.2, -0.15) is 0 Å². The van der Waals surface area contributed by atoms with Gasteiger partial charge in [-0.15, -0.1) is 11.3 Å². The molecular weight excluding hydrogens is 286 g/mol. The second kappa shape index (κ2) is 5.10. The number of carbonyl (C=O) groups is 1. The maximum absolute atomic E-state index is 12.5. The van der Waals surface area contributed by atoms with Crippen LogP contribution in [0.4, 0.5) is 0 Å². The van der Waals surface area contributed by atoms with E-state index >= 15 is 0 Å². The van der Waals surface area contributed by atoms with E-state index in [-0.39, 0.29) is 16.9 Å². The van der Waals surface area contributed by atoms with Gasteiger partial charge in [-0.05, 0) is 24.3 Å². The van der Waals surface area contributed by atoms with Crippen LogP contribution < -0.4 is 5.43 Å². The van der Waals surface area contributed by atoms with Crippen molar-refractivity contribution in [3.8, 4) is 0 Å². The van der Waals surface area contributed by atoms with E-state index in [9.17, 15) is 9.59 Å². The standard InChI is InChI=1S/C16H11NO3S/c1-9(18)15(17-20)10-6-7-14-12(8-10)16(19)11-4-2-3-5-13(11)21-14/h2-8,20H,1H3/b17-15-. The van der Waals surface area contributed by atoms with Crippen molar-refractivity contribution in [3.63, 3.8) is 0 Å². The van der Waals surface area contributed by atoms with Crippen molar-refractivity contribution >= 4 is 43.0 Å². The molecule has 1 heterocycles. The fourth-order valence-electron chi connectivity index (χ4n) is 2.28. The number of nitrogens with zero attached hydrogens (tertiary/aromatic N) is 1. The third-order valence-corrected chi connectivity index (χ3v) is 4.43. The highest BCUT2D eigenvalue weighted by molar-refractivity contribution is 7.24. The summed E-state index contributed by atoms with van der Waals surface area (Å²) in [6, 6.07) is 12.5. The Bertz CT molecular complexity index is 957. The summed E-state index contributed by atoms with van der Waals surface area (Å²) in [4.78, 5) is 24.0. The third kappa shape index (κ3) is 2.21. The molecule has 1 aromatic heterocycles. The molecule has 0 atom stereocenters. The minimum absolute atomic E-state index is 0.0468. The molecule has 3 aromatic rings. The smallest absolute Gasteiger partial charge is 0.195 e. The molecule has 0 fully saturated rings. The topological polar surface area (TPSA) is 66.7 Å². The van der Waals surface area contributed by atoms with Crippen LogP contribution in [0.3, 0.4) is 0 Å². The Kier molecular flexibility index (Phi) is 3.27. The summed E-state index contributed by atoms with van der Waals surface area (Å²) < 4.78 is 1.76. The molecule has 1 N–H and O–H groups in total. The normalized spacial score (nSPS) is 12.0. The summed E-state index contributed by atoms with van der Waals surface area (Å²) >= 11 is 1.51.